The number of carbonyl (C=O) groups is 1. The summed E-state index contributed by atoms with van der Waals surface area (Å²) in [5.41, 5.74) is 0. The molecule has 0 aromatic rings. The number of nitriles is 1. The predicted octanol–water partition coefficient (Wildman–Crippen LogP) is 1.49. The Hall–Kier alpha value is -1.04. The van der Waals surface area contributed by atoms with E-state index in [0.717, 1.165) is 0 Å². The molecule has 0 amide bonds. The van der Waals surface area contributed by atoms with Crippen LogP contribution in [0.1, 0.15) is 27.2 Å². The first-order chi connectivity index (χ1) is 4.77. The van der Waals surface area contributed by atoms with Crippen LogP contribution in [0.4, 0.5) is 0 Å². The van der Waals surface area contributed by atoms with Crippen molar-refractivity contribution in [2.24, 2.45) is 0 Å². The number of carbonyl (C=O) groups excluding carboxylic acids is 1. The van der Waals surface area contributed by atoms with Crippen molar-refractivity contribution in [1.82, 2.24) is 0 Å². The van der Waals surface area contributed by atoms with E-state index in [9.17, 15) is 4.79 Å². The van der Waals surface area contributed by atoms with Crippen LogP contribution in [-0.4, -0.2) is 12.6 Å². The highest BCUT2D eigenvalue weighted by molar-refractivity contribution is 5.65. The second kappa shape index (κ2) is 10.9. The fourth-order valence-electron chi connectivity index (χ4n) is 0.240. The molecule has 0 aliphatic carbocycles. The normalized spacial score (nSPS) is 6.60. The molecule has 10 heavy (non-hydrogen) atoms. The van der Waals surface area contributed by atoms with Crippen molar-refractivity contribution in [2.45, 2.75) is 27.2 Å². The summed E-state index contributed by atoms with van der Waals surface area (Å²) in [5.74, 6) is -0.333. The van der Waals surface area contributed by atoms with E-state index >= 15 is 0 Å². The molecule has 0 radical (unpaired) electrons. The number of esters is 1. The van der Waals surface area contributed by atoms with E-state index in [1.165, 1.54) is 6.92 Å². The molecule has 0 atom stereocenters. The molecule has 0 aliphatic heterocycles. The van der Waals surface area contributed by atoms with Gasteiger partial charge in [0, 0.05) is 6.92 Å². The molecule has 0 bridgehead atoms. The van der Waals surface area contributed by atoms with Gasteiger partial charge in [-0.2, -0.15) is 5.26 Å². The quantitative estimate of drug-likeness (QED) is 0.434. The van der Waals surface area contributed by atoms with Crippen LogP contribution in [0.3, 0.4) is 0 Å². The minimum absolute atomic E-state index is 0.214. The first-order valence-corrected chi connectivity index (χ1v) is 3.27. The number of ether oxygens (including phenoxy) is 1. The van der Waals surface area contributed by atoms with Crippen molar-refractivity contribution >= 4 is 5.97 Å². The highest BCUT2D eigenvalue weighted by Gasteiger charge is 1.88. The third-order valence-corrected chi connectivity index (χ3v) is 0.519. The van der Waals surface area contributed by atoms with Crippen LogP contribution >= 0.6 is 0 Å². The van der Waals surface area contributed by atoms with Crippen molar-refractivity contribution in [3.8, 4) is 6.07 Å². The predicted molar refractivity (Wildman–Crippen MR) is 38.2 cm³/mol. The molecule has 0 saturated carbocycles. The fourth-order valence-corrected chi connectivity index (χ4v) is 0.240. The molecule has 0 saturated heterocycles. The van der Waals surface area contributed by atoms with Gasteiger partial charge in [0.25, 0.3) is 0 Å². The van der Waals surface area contributed by atoms with E-state index in [-0.39, 0.29) is 19.0 Å². The van der Waals surface area contributed by atoms with E-state index in [2.05, 4.69) is 4.74 Å². The van der Waals surface area contributed by atoms with E-state index in [1.54, 1.807) is 0 Å². The molecule has 0 heterocycles. The van der Waals surface area contributed by atoms with Crippen molar-refractivity contribution in [2.75, 3.05) is 6.61 Å². The SMILES string of the molecule is CC.CC(=O)OCCC#N. The van der Waals surface area contributed by atoms with Gasteiger partial charge in [-0.1, -0.05) is 13.8 Å². The maximum Gasteiger partial charge on any atom is 0.302 e. The second-order valence-corrected chi connectivity index (χ2v) is 1.25. The summed E-state index contributed by atoms with van der Waals surface area (Å²) < 4.78 is 4.42. The van der Waals surface area contributed by atoms with Gasteiger partial charge in [0.15, 0.2) is 0 Å². The Kier molecular flexibility index (Phi) is 12.7. The monoisotopic (exact) mass is 143 g/mol. The van der Waals surface area contributed by atoms with Crippen LogP contribution in [0.25, 0.3) is 0 Å². The summed E-state index contributed by atoms with van der Waals surface area (Å²) in [7, 11) is 0. The number of hydrogen-bond acceptors (Lipinski definition) is 3. The van der Waals surface area contributed by atoms with Gasteiger partial charge < -0.3 is 4.74 Å². The van der Waals surface area contributed by atoms with E-state index < -0.39 is 0 Å². The highest BCUT2D eigenvalue weighted by atomic mass is 16.5. The van der Waals surface area contributed by atoms with Crippen LogP contribution in [0.5, 0.6) is 0 Å². The van der Waals surface area contributed by atoms with Gasteiger partial charge in [0.1, 0.15) is 6.61 Å². The maximum absolute atomic E-state index is 9.99. The van der Waals surface area contributed by atoms with Gasteiger partial charge in [0.2, 0.25) is 0 Å². The largest absolute Gasteiger partial charge is 0.465 e. The first-order valence-electron chi connectivity index (χ1n) is 3.27. The average molecular weight is 143 g/mol. The van der Waals surface area contributed by atoms with Crippen molar-refractivity contribution < 1.29 is 9.53 Å². The highest BCUT2D eigenvalue weighted by Crippen LogP contribution is 1.78. The Morgan fingerprint density at radius 1 is 1.60 bits per heavy atom. The minimum atomic E-state index is -0.333. The number of nitrogens with zero attached hydrogens (tertiary/aromatic N) is 1. The van der Waals surface area contributed by atoms with Crippen molar-refractivity contribution in [3.05, 3.63) is 0 Å². The maximum atomic E-state index is 9.99. The molecule has 0 N–H and O–H groups in total. The molecule has 0 aromatic carbocycles. The Bertz CT molecular complexity index is 115. The Labute approximate surface area is 61.6 Å². The Balaban J connectivity index is 0. The zero-order chi connectivity index (χ0) is 8.41. The van der Waals surface area contributed by atoms with Gasteiger partial charge in [-0.3, -0.25) is 4.79 Å². The van der Waals surface area contributed by atoms with Gasteiger partial charge in [0.05, 0.1) is 12.5 Å². The minimum Gasteiger partial charge on any atom is -0.465 e. The summed E-state index contributed by atoms with van der Waals surface area (Å²) in [5, 5.41) is 7.94. The van der Waals surface area contributed by atoms with Gasteiger partial charge in [-0.15, -0.1) is 0 Å². The third-order valence-electron chi connectivity index (χ3n) is 0.519. The lowest BCUT2D eigenvalue weighted by Gasteiger charge is -1.92. The number of rotatable bonds is 2. The summed E-state index contributed by atoms with van der Waals surface area (Å²) in [6, 6.07) is 1.85. The lowest BCUT2D eigenvalue weighted by molar-refractivity contribution is -0.140. The zero-order valence-corrected chi connectivity index (χ0v) is 6.68. The topological polar surface area (TPSA) is 50.1 Å². The molecule has 3 nitrogen and oxygen atoms in total. The molecule has 3 heteroatoms. The summed E-state index contributed by atoms with van der Waals surface area (Å²) in [6.07, 6.45) is 0.277. The van der Waals surface area contributed by atoms with E-state index in [0.29, 0.717) is 0 Å². The molecular weight excluding hydrogens is 130 g/mol. The molecule has 0 aromatic heterocycles. The third kappa shape index (κ3) is 15.8. The van der Waals surface area contributed by atoms with Gasteiger partial charge in [-0.05, 0) is 0 Å². The Morgan fingerprint density at radius 3 is 2.40 bits per heavy atom. The second-order valence-electron chi connectivity index (χ2n) is 1.25. The zero-order valence-electron chi connectivity index (χ0n) is 6.68. The van der Waals surface area contributed by atoms with Crippen LogP contribution in [-0.2, 0) is 9.53 Å². The summed E-state index contributed by atoms with van der Waals surface area (Å²) >= 11 is 0. The lowest BCUT2D eigenvalue weighted by atomic mass is 10.5. The molecule has 0 spiro atoms. The lowest BCUT2D eigenvalue weighted by Crippen LogP contribution is -1.98. The number of hydrogen-bond donors (Lipinski definition) is 0. The summed E-state index contributed by atoms with van der Waals surface area (Å²) in [6.45, 7) is 5.53. The van der Waals surface area contributed by atoms with Crippen molar-refractivity contribution in [1.29, 1.82) is 5.26 Å². The first kappa shape index (κ1) is 11.7. The smallest absolute Gasteiger partial charge is 0.302 e. The van der Waals surface area contributed by atoms with Crippen LogP contribution in [0, 0.1) is 11.3 Å². The summed E-state index contributed by atoms with van der Waals surface area (Å²) in [4.78, 5) is 9.99. The Morgan fingerprint density at radius 2 is 2.10 bits per heavy atom. The van der Waals surface area contributed by atoms with Crippen molar-refractivity contribution in [3.63, 3.8) is 0 Å². The van der Waals surface area contributed by atoms with E-state index in [1.807, 2.05) is 19.9 Å². The fraction of sp³-hybridized carbons (Fsp3) is 0.714. The standard InChI is InChI=1S/C5H7NO2.C2H6/c1-5(7)8-4-2-3-6;1-2/h2,4H2,1H3;1-2H3. The molecular formula is C7H13NO2. The molecule has 0 unspecified atom stereocenters. The van der Waals surface area contributed by atoms with E-state index in [4.69, 9.17) is 5.26 Å². The van der Waals surface area contributed by atoms with Gasteiger partial charge >= 0.3 is 5.97 Å². The molecule has 0 aliphatic rings. The average Bonchev–Trinajstić information content (AvgIpc) is 1.92. The molecule has 58 valence electrons. The van der Waals surface area contributed by atoms with Gasteiger partial charge in [-0.25, -0.2) is 0 Å². The van der Waals surface area contributed by atoms with Crippen LogP contribution < -0.4 is 0 Å². The molecule has 0 rings (SSSR count). The molecule has 0 fully saturated rings. The van der Waals surface area contributed by atoms with Crippen LogP contribution in [0.15, 0.2) is 0 Å². The van der Waals surface area contributed by atoms with Crippen LogP contribution in [0.2, 0.25) is 0 Å².